The van der Waals surface area contributed by atoms with Gasteiger partial charge in [-0.25, -0.2) is 0 Å². The van der Waals surface area contributed by atoms with Crippen molar-refractivity contribution in [1.29, 1.82) is 0 Å². The molecule has 2 aromatic heterocycles. The molecule has 0 saturated heterocycles. The first-order valence-corrected chi connectivity index (χ1v) is 6.47. The van der Waals surface area contributed by atoms with Crippen molar-refractivity contribution in [3.05, 3.63) is 66.1 Å². The van der Waals surface area contributed by atoms with Crippen molar-refractivity contribution in [3.63, 3.8) is 0 Å². The van der Waals surface area contributed by atoms with Crippen LogP contribution in [0.3, 0.4) is 0 Å². The number of hydrogen-bond acceptors (Lipinski definition) is 4. The van der Waals surface area contributed by atoms with Crippen LogP contribution in [0.15, 0.2) is 54.9 Å². The fourth-order valence-electron chi connectivity index (χ4n) is 1.91. The lowest BCUT2D eigenvalue weighted by Crippen LogP contribution is -2.23. The first-order chi connectivity index (χ1) is 10.3. The molecule has 6 heteroatoms. The van der Waals surface area contributed by atoms with Gasteiger partial charge in [0.05, 0.1) is 35.9 Å². The molecule has 0 aliphatic carbocycles. The number of benzene rings is 1. The number of H-pyrrole nitrogens is 1. The summed E-state index contributed by atoms with van der Waals surface area (Å²) in [5.74, 6) is -0.194. The van der Waals surface area contributed by atoms with Gasteiger partial charge in [-0.2, -0.15) is 15.3 Å². The van der Waals surface area contributed by atoms with Crippen LogP contribution in [0.25, 0.3) is 11.3 Å². The molecule has 0 unspecified atom stereocenters. The molecular formula is C15H13N5O. The number of carbonyl (C=O) groups is 1. The molecule has 21 heavy (non-hydrogen) atoms. The molecule has 0 aliphatic heterocycles. The third kappa shape index (κ3) is 3.11. The van der Waals surface area contributed by atoms with Crippen LogP contribution in [0.2, 0.25) is 0 Å². The topological polar surface area (TPSA) is 83.6 Å². The van der Waals surface area contributed by atoms with Crippen LogP contribution < -0.4 is 5.32 Å². The number of carbonyl (C=O) groups excluding carboxylic acids is 1. The van der Waals surface area contributed by atoms with Crippen molar-refractivity contribution >= 4 is 5.91 Å². The smallest absolute Gasteiger partial charge is 0.253 e. The Morgan fingerprint density at radius 3 is 2.76 bits per heavy atom. The van der Waals surface area contributed by atoms with Crippen LogP contribution in [-0.4, -0.2) is 26.3 Å². The lowest BCUT2D eigenvalue weighted by molar-refractivity contribution is 0.0950. The molecule has 0 aliphatic rings. The summed E-state index contributed by atoms with van der Waals surface area (Å²) >= 11 is 0. The number of hydrogen-bond donors (Lipinski definition) is 2. The fourth-order valence-corrected chi connectivity index (χ4v) is 1.91. The van der Waals surface area contributed by atoms with E-state index in [9.17, 15) is 4.79 Å². The summed E-state index contributed by atoms with van der Waals surface area (Å²) in [5, 5.41) is 17.3. The second-order valence-corrected chi connectivity index (χ2v) is 4.46. The van der Waals surface area contributed by atoms with E-state index >= 15 is 0 Å². The quantitative estimate of drug-likeness (QED) is 0.762. The van der Waals surface area contributed by atoms with Gasteiger partial charge >= 0.3 is 0 Å². The first-order valence-electron chi connectivity index (χ1n) is 6.47. The highest BCUT2D eigenvalue weighted by Gasteiger charge is 2.07. The highest BCUT2D eigenvalue weighted by Crippen LogP contribution is 2.16. The van der Waals surface area contributed by atoms with E-state index in [1.54, 1.807) is 6.07 Å². The molecule has 104 valence electrons. The molecule has 6 nitrogen and oxygen atoms in total. The molecule has 2 N–H and O–H groups in total. The van der Waals surface area contributed by atoms with Crippen LogP contribution in [-0.2, 0) is 6.54 Å². The van der Waals surface area contributed by atoms with Crippen LogP contribution in [0, 0.1) is 0 Å². The third-order valence-electron chi connectivity index (χ3n) is 2.99. The SMILES string of the molecule is O=C(NCc1cc(-c2ccccc2)n[nH]1)c1ccnnc1. The maximum atomic E-state index is 11.9. The van der Waals surface area contributed by atoms with E-state index in [2.05, 4.69) is 25.7 Å². The van der Waals surface area contributed by atoms with E-state index in [1.165, 1.54) is 12.4 Å². The van der Waals surface area contributed by atoms with Gasteiger partial charge in [0, 0.05) is 5.56 Å². The predicted molar refractivity (Wildman–Crippen MR) is 77.2 cm³/mol. The monoisotopic (exact) mass is 279 g/mol. The summed E-state index contributed by atoms with van der Waals surface area (Å²) in [7, 11) is 0. The Morgan fingerprint density at radius 2 is 2.00 bits per heavy atom. The molecular weight excluding hydrogens is 266 g/mol. The first kappa shape index (κ1) is 13.0. The summed E-state index contributed by atoms with van der Waals surface area (Å²) in [6.45, 7) is 0.376. The van der Waals surface area contributed by atoms with Crippen molar-refractivity contribution < 1.29 is 4.79 Å². The Kier molecular flexibility index (Phi) is 3.68. The predicted octanol–water partition coefficient (Wildman–Crippen LogP) is 1.80. The summed E-state index contributed by atoms with van der Waals surface area (Å²) in [4.78, 5) is 11.9. The Balaban J connectivity index is 1.64. The average Bonchev–Trinajstić information content (AvgIpc) is 3.03. The van der Waals surface area contributed by atoms with Gasteiger partial charge < -0.3 is 5.32 Å². The van der Waals surface area contributed by atoms with E-state index < -0.39 is 0 Å². The molecule has 0 spiro atoms. The van der Waals surface area contributed by atoms with E-state index in [0.717, 1.165) is 17.0 Å². The van der Waals surface area contributed by atoms with Crippen molar-refractivity contribution in [1.82, 2.24) is 25.7 Å². The zero-order valence-electron chi connectivity index (χ0n) is 11.2. The fraction of sp³-hybridized carbons (Fsp3) is 0.0667. The van der Waals surface area contributed by atoms with Gasteiger partial charge in [0.25, 0.3) is 5.91 Å². The second kappa shape index (κ2) is 5.96. The van der Waals surface area contributed by atoms with Gasteiger partial charge in [0.1, 0.15) is 0 Å². The highest BCUT2D eigenvalue weighted by atomic mass is 16.1. The summed E-state index contributed by atoms with van der Waals surface area (Å²) in [6.07, 6.45) is 2.91. The largest absolute Gasteiger partial charge is 0.346 e. The molecule has 0 atom stereocenters. The Labute approximate surface area is 121 Å². The van der Waals surface area contributed by atoms with Gasteiger partial charge in [-0.3, -0.25) is 9.89 Å². The maximum absolute atomic E-state index is 11.9. The minimum absolute atomic E-state index is 0.194. The summed E-state index contributed by atoms with van der Waals surface area (Å²) in [6, 6.07) is 13.4. The van der Waals surface area contributed by atoms with Gasteiger partial charge in [-0.1, -0.05) is 30.3 Å². The standard InChI is InChI=1S/C15H13N5O/c21-15(12-6-7-17-18-9-12)16-10-13-8-14(20-19-13)11-4-2-1-3-5-11/h1-9H,10H2,(H,16,21)(H,19,20). The molecule has 1 amide bonds. The van der Waals surface area contributed by atoms with Crippen LogP contribution >= 0.6 is 0 Å². The summed E-state index contributed by atoms with van der Waals surface area (Å²) in [5.41, 5.74) is 3.20. The van der Waals surface area contributed by atoms with Crippen LogP contribution in [0.4, 0.5) is 0 Å². The molecule has 0 radical (unpaired) electrons. The van der Waals surface area contributed by atoms with Crippen LogP contribution in [0.1, 0.15) is 16.1 Å². The second-order valence-electron chi connectivity index (χ2n) is 4.46. The van der Waals surface area contributed by atoms with Crippen molar-refractivity contribution in [3.8, 4) is 11.3 Å². The molecule has 3 rings (SSSR count). The minimum Gasteiger partial charge on any atom is -0.346 e. The normalized spacial score (nSPS) is 10.3. The third-order valence-corrected chi connectivity index (χ3v) is 2.99. The van der Waals surface area contributed by atoms with Crippen LogP contribution in [0.5, 0.6) is 0 Å². The summed E-state index contributed by atoms with van der Waals surface area (Å²) < 4.78 is 0. The van der Waals surface area contributed by atoms with Crippen molar-refractivity contribution in [2.24, 2.45) is 0 Å². The van der Waals surface area contributed by atoms with Gasteiger partial charge in [-0.15, -0.1) is 0 Å². The number of nitrogens with one attached hydrogen (secondary N) is 2. The molecule has 0 fully saturated rings. The van der Waals surface area contributed by atoms with Gasteiger partial charge in [0.15, 0.2) is 0 Å². The maximum Gasteiger partial charge on any atom is 0.253 e. The number of aromatic nitrogens is 4. The molecule has 2 heterocycles. The molecule has 3 aromatic rings. The van der Waals surface area contributed by atoms with E-state index in [-0.39, 0.29) is 5.91 Å². The minimum atomic E-state index is -0.194. The average molecular weight is 279 g/mol. The molecule has 0 bridgehead atoms. The van der Waals surface area contributed by atoms with E-state index in [0.29, 0.717) is 12.1 Å². The van der Waals surface area contributed by atoms with Crippen molar-refractivity contribution in [2.45, 2.75) is 6.54 Å². The molecule has 1 aromatic carbocycles. The van der Waals surface area contributed by atoms with Gasteiger partial charge in [-0.05, 0) is 12.1 Å². The zero-order valence-corrected chi connectivity index (χ0v) is 11.2. The number of aromatic amines is 1. The zero-order chi connectivity index (χ0) is 14.5. The Hall–Kier alpha value is -3.02. The lowest BCUT2D eigenvalue weighted by atomic mass is 10.1. The highest BCUT2D eigenvalue weighted by molar-refractivity contribution is 5.93. The lowest BCUT2D eigenvalue weighted by Gasteiger charge is -2.02. The van der Waals surface area contributed by atoms with E-state index in [1.807, 2.05) is 36.4 Å². The van der Waals surface area contributed by atoms with Gasteiger partial charge in [0.2, 0.25) is 0 Å². The number of rotatable bonds is 4. The van der Waals surface area contributed by atoms with Crippen molar-refractivity contribution in [2.75, 3.05) is 0 Å². The number of nitrogens with zero attached hydrogens (tertiary/aromatic N) is 3. The van der Waals surface area contributed by atoms with E-state index in [4.69, 9.17) is 0 Å². The Bertz CT molecular complexity index is 724. The Morgan fingerprint density at radius 1 is 1.14 bits per heavy atom. The number of amides is 1. The molecule has 0 saturated carbocycles.